The molecule has 0 bridgehead atoms. The lowest BCUT2D eigenvalue weighted by Gasteiger charge is -1.99. The number of esters is 1. The molecule has 0 saturated carbocycles. The first-order valence-electron chi connectivity index (χ1n) is 5.33. The molecule has 0 saturated heterocycles. The van der Waals surface area contributed by atoms with E-state index in [0.29, 0.717) is 13.0 Å². The fourth-order valence-corrected chi connectivity index (χ4v) is 0.867. The first-order chi connectivity index (χ1) is 7.20. The number of nitrogens with one attached hydrogen (secondary N) is 1. The van der Waals surface area contributed by atoms with Gasteiger partial charge in [0.15, 0.2) is 0 Å². The third-order valence-corrected chi connectivity index (χ3v) is 1.68. The van der Waals surface area contributed by atoms with E-state index >= 15 is 0 Å². The zero-order chi connectivity index (χ0) is 11.5. The minimum Gasteiger partial charge on any atom is -0.462 e. The Bertz CT molecular complexity index is 224. The topological polar surface area (TPSA) is 55.4 Å². The molecule has 4 nitrogen and oxygen atoms in total. The van der Waals surface area contributed by atoms with E-state index in [1.807, 2.05) is 13.8 Å². The van der Waals surface area contributed by atoms with Gasteiger partial charge in [-0.1, -0.05) is 20.3 Å². The molecule has 0 aliphatic carbocycles. The van der Waals surface area contributed by atoms with Crippen molar-refractivity contribution in [2.24, 2.45) is 0 Å². The molecule has 0 heterocycles. The standard InChI is InChI=1S/C11H19NO3/c1-3-5-9-15-11(14)7-8-12-10(13)6-4-2/h7-8H,3-6,9H2,1-2H3,(H,12,13)/b8-7+. The summed E-state index contributed by atoms with van der Waals surface area (Å²) in [6.07, 6.45) is 5.66. The van der Waals surface area contributed by atoms with Crippen LogP contribution in [0.5, 0.6) is 0 Å². The maximum atomic E-state index is 11.0. The van der Waals surface area contributed by atoms with E-state index < -0.39 is 5.97 Å². The lowest BCUT2D eigenvalue weighted by atomic mass is 10.3. The molecule has 0 aromatic heterocycles. The number of ether oxygens (including phenoxy) is 1. The fourth-order valence-electron chi connectivity index (χ4n) is 0.867. The van der Waals surface area contributed by atoms with E-state index in [1.54, 1.807) is 0 Å². The van der Waals surface area contributed by atoms with Crippen molar-refractivity contribution < 1.29 is 14.3 Å². The second-order valence-corrected chi connectivity index (χ2v) is 3.17. The van der Waals surface area contributed by atoms with Gasteiger partial charge in [0.2, 0.25) is 5.91 Å². The average molecular weight is 213 g/mol. The summed E-state index contributed by atoms with van der Waals surface area (Å²) in [7, 11) is 0. The Kier molecular flexibility index (Phi) is 8.43. The number of hydrogen-bond acceptors (Lipinski definition) is 3. The van der Waals surface area contributed by atoms with E-state index in [2.05, 4.69) is 5.32 Å². The molecular formula is C11H19NO3. The maximum absolute atomic E-state index is 11.0. The van der Waals surface area contributed by atoms with Crippen LogP contribution in [0.4, 0.5) is 0 Å². The Labute approximate surface area is 90.7 Å². The third-order valence-electron chi connectivity index (χ3n) is 1.68. The monoisotopic (exact) mass is 213 g/mol. The van der Waals surface area contributed by atoms with Crippen molar-refractivity contribution >= 4 is 11.9 Å². The van der Waals surface area contributed by atoms with Gasteiger partial charge in [0.25, 0.3) is 0 Å². The Hall–Kier alpha value is -1.32. The molecule has 0 unspecified atom stereocenters. The molecule has 0 aromatic carbocycles. The number of carbonyl (C=O) groups excluding carboxylic acids is 2. The summed E-state index contributed by atoms with van der Waals surface area (Å²) < 4.78 is 4.85. The predicted molar refractivity (Wildman–Crippen MR) is 58.1 cm³/mol. The molecule has 15 heavy (non-hydrogen) atoms. The Balaban J connectivity index is 3.58. The van der Waals surface area contributed by atoms with E-state index in [1.165, 1.54) is 12.3 Å². The number of amides is 1. The van der Waals surface area contributed by atoms with E-state index in [4.69, 9.17) is 4.74 Å². The molecule has 1 amide bonds. The Morgan fingerprint density at radius 1 is 1.27 bits per heavy atom. The highest BCUT2D eigenvalue weighted by Crippen LogP contribution is 1.90. The van der Waals surface area contributed by atoms with E-state index in [0.717, 1.165) is 19.3 Å². The highest BCUT2D eigenvalue weighted by atomic mass is 16.5. The average Bonchev–Trinajstić information content (AvgIpc) is 2.18. The summed E-state index contributed by atoms with van der Waals surface area (Å²) in [4.78, 5) is 22.0. The van der Waals surface area contributed by atoms with Crippen molar-refractivity contribution in [1.82, 2.24) is 5.32 Å². The molecule has 0 atom stereocenters. The van der Waals surface area contributed by atoms with Gasteiger partial charge in [0, 0.05) is 18.7 Å². The smallest absolute Gasteiger partial charge is 0.332 e. The second-order valence-electron chi connectivity index (χ2n) is 3.17. The zero-order valence-corrected chi connectivity index (χ0v) is 9.41. The van der Waals surface area contributed by atoms with Crippen LogP contribution in [-0.4, -0.2) is 18.5 Å². The van der Waals surface area contributed by atoms with Crippen LogP contribution in [0.3, 0.4) is 0 Å². The van der Waals surface area contributed by atoms with Crippen LogP contribution in [0, 0.1) is 0 Å². The van der Waals surface area contributed by atoms with Crippen LogP contribution in [-0.2, 0) is 14.3 Å². The van der Waals surface area contributed by atoms with Crippen LogP contribution in [0.15, 0.2) is 12.3 Å². The molecule has 1 N–H and O–H groups in total. The molecule has 0 fully saturated rings. The second kappa shape index (κ2) is 9.24. The lowest BCUT2D eigenvalue weighted by molar-refractivity contribution is -0.137. The third kappa shape index (κ3) is 9.00. The van der Waals surface area contributed by atoms with Crippen molar-refractivity contribution in [3.8, 4) is 0 Å². The van der Waals surface area contributed by atoms with Gasteiger partial charge in [0.1, 0.15) is 0 Å². The maximum Gasteiger partial charge on any atom is 0.332 e. The van der Waals surface area contributed by atoms with E-state index in [-0.39, 0.29) is 5.91 Å². The molecular weight excluding hydrogens is 194 g/mol. The van der Waals surface area contributed by atoms with Gasteiger partial charge >= 0.3 is 5.97 Å². The van der Waals surface area contributed by atoms with Gasteiger partial charge in [-0.3, -0.25) is 4.79 Å². The zero-order valence-electron chi connectivity index (χ0n) is 9.41. The lowest BCUT2D eigenvalue weighted by Crippen LogP contribution is -2.16. The molecule has 0 aromatic rings. The van der Waals surface area contributed by atoms with Gasteiger partial charge in [0.05, 0.1) is 6.61 Å². The van der Waals surface area contributed by atoms with Crippen molar-refractivity contribution in [1.29, 1.82) is 0 Å². The van der Waals surface area contributed by atoms with Gasteiger partial charge in [-0.2, -0.15) is 0 Å². The van der Waals surface area contributed by atoms with Crippen LogP contribution < -0.4 is 5.32 Å². The minimum absolute atomic E-state index is 0.0879. The summed E-state index contributed by atoms with van der Waals surface area (Å²) in [5.74, 6) is -0.504. The summed E-state index contributed by atoms with van der Waals surface area (Å²) in [5.41, 5.74) is 0. The summed E-state index contributed by atoms with van der Waals surface area (Å²) in [6, 6.07) is 0. The highest BCUT2D eigenvalue weighted by Gasteiger charge is 1.97. The summed E-state index contributed by atoms with van der Waals surface area (Å²) >= 11 is 0. The van der Waals surface area contributed by atoms with Gasteiger partial charge in [-0.15, -0.1) is 0 Å². The minimum atomic E-state index is -0.416. The molecule has 86 valence electrons. The van der Waals surface area contributed by atoms with Crippen LogP contribution in [0.25, 0.3) is 0 Å². The van der Waals surface area contributed by atoms with Crippen molar-refractivity contribution in [2.45, 2.75) is 39.5 Å². The largest absolute Gasteiger partial charge is 0.462 e. The Morgan fingerprint density at radius 3 is 2.60 bits per heavy atom. The molecule has 0 rings (SSSR count). The predicted octanol–water partition coefficient (Wildman–Crippen LogP) is 1.76. The first-order valence-corrected chi connectivity index (χ1v) is 5.33. The molecule has 0 aliphatic heterocycles. The highest BCUT2D eigenvalue weighted by molar-refractivity contribution is 5.83. The number of hydrogen-bond donors (Lipinski definition) is 1. The molecule has 0 aliphatic rings. The molecule has 0 radical (unpaired) electrons. The quantitative estimate of drug-likeness (QED) is 0.398. The number of carbonyl (C=O) groups is 2. The van der Waals surface area contributed by atoms with Crippen LogP contribution in [0.1, 0.15) is 39.5 Å². The van der Waals surface area contributed by atoms with Gasteiger partial charge in [-0.25, -0.2) is 4.79 Å². The van der Waals surface area contributed by atoms with Crippen LogP contribution >= 0.6 is 0 Å². The normalized spacial score (nSPS) is 10.3. The van der Waals surface area contributed by atoms with Gasteiger partial charge < -0.3 is 10.1 Å². The fraction of sp³-hybridized carbons (Fsp3) is 0.636. The first kappa shape index (κ1) is 13.7. The van der Waals surface area contributed by atoms with Crippen molar-refractivity contribution in [3.05, 3.63) is 12.3 Å². The van der Waals surface area contributed by atoms with Crippen LogP contribution in [0.2, 0.25) is 0 Å². The Morgan fingerprint density at radius 2 is 2.00 bits per heavy atom. The summed E-state index contributed by atoms with van der Waals surface area (Å²) in [6.45, 7) is 4.37. The molecule has 4 heteroatoms. The number of unbranched alkanes of at least 4 members (excludes halogenated alkanes) is 1. The molecule has 0 spiro atoms. The van der Waals surface area contributed by atoms with Crippen molar-refractivity contribution in [3.63, 3.8) is 0 Å². The van der Waals surface area contributed by atoms with Gasteiger partial charge in [-0.05, 0) is 12.8 Å². The number of rotatable bonds is 7. The van der Waals surface area contributed by atoms with Crippen molar-refractivity contribution in [2.75, 3.05) is 6.61 Å². The van der Waals surface area contributed by atoms with E-state index in [9.17, 15) is 9.59 Å². The summed E-state index contributed by atoms with van der Waals surface area (Å²) in [5, 5.41) is 2.48. The SMILES string of the molecule is CCCCOC(=O)/C=C/NC(=O)CCC.